The second-order valence-corrected chi connectivity index (χ2v) is 7.35. The topological polar surface area (TPSA) is 97.6 Å². The standard InChI is InChI=1S/C20H20N2O5S/c1-25-15-7-6-12(8-16(15)26-2)9-19(24)27-11-18(23)22-20-14(10-21)13-4-3-5-17(13)28-20/h6-8H,3-5,9,11H2,1-2H3,(H,22,23). The molecule has 7 nitrogen and oxygen atoms in total. The van der Waals surface area contributed by atoms with E-state index in [1.807, 2.05) is 0 Å². The first kappa shape index (κ1) is 19.7. The molecular weight excluding hydrogens is 380 g/mol. The zero-order valence-electron chi connectivity index (χ0n) is 15.7. The van der Waals surface area contributed by atoms with E-state index in [0.717, 1.165) is 29.7 Å². The van der Waals surface area contributed by atoms with Gasteiger partial charge in [0.05, 0.1) is 26.2 Å². The summed E-state index contributed by atoms with van der Waals surface area (Å²) in [5, 5.41) is 12.6. The fourth-order valence-corrected chi connectivity index (χ4v) is 4.38. The Morgan fingerprint density at radius 3 is 2.71 bits per heavy atom. The third-order valence-corrected chi connectivity index (χ3v) is 5.65. The lowest BCUT2D eigenvalue weighted by molar-refractivity contribution is -0.146. The van der Waals surface area contributed by atoms with E-state index in [9.17, 15) is 14.9 Å². The lowest BCUT2D eigenvalue weighted by Crippen LogP contribution is -2.21. The fraction of sp³-hybridized carbons (Fsp3) is 0.350. The number of hydrogen-bond acceptors (Lipinski definition) is 7. The summed E-state index contributed by atoms with van der Waals surface area (Å²) in [6, 6.07) is 7.29. The number of thiophene rings is 1. The molecule has 1 amide bonds. The lowest BCUT2D eigenvalue weighted by atomic mass is 10.1. The molecule has 1 aromatic carbocycles. The highest BCUT2D eigenvalue weighted by molar-refractivity contribution is 7.16. The molecule has 1 aliphatic rings. The van der Waals surface area contributed by atoms with Crippen molar-refractivity contribution in [3.05, 3.63) is 39.8 Å². The quantitative estimate of drug-likeness (QED) is 0.718. The molecule has 0 saturated heterocycles. The number of amides is 1. The maximum absolute atomic E-state index is 12.1. The Labute approximate surface area is 166 Å². The smallest absolute Gasteiger partial charge is 0.310 e. The molecule has 0 radical (unpaired) electrons. The summed E-state index contributed by atoms with van der Waals surface area (Å²) in [5.41, 5.74) is 2.25. The van der Waals surface area contributed by atoms with Gasteiger partial charge in [-0.2, -0.15) is 5.26 Å². The molecule has 0 fully saturated rings. The van der Waals surface area contributed by atoms with E-state index in [-0.39, 0.29) is 6.42 Å². The highest BCUT2D eigenvalue weighted by Gasteiger charge is 2.23. The number of carbonyl (C=O) groups is 2. The van der Waals surface area contributed by atoms with Gasteiger partial charge in [-0.25, -0.2) is 0 Å². The number of hydrogen-bond donors (Lipinski definition) is 1. The van der Waals surface area contributed by atoms with Gasteiger partial charge in [-0.05, 0) is 42.5 Å². The van der Waals surface area contributed by atoms with Gasteiger partial charge >= 0.3 is 5.97 Å². The van der Waals surface area contributed by atoms with Crippen molar-refractivity contribution in [1.82, 2.24) is 0 Å². The van der Waals surface area contributed by atoms with E-state index < -0.39 is 18.5 Å². The number of esters is 1. The maximum atomic E-state index is 12.1. The summed E-state index contributed by atoms with van der Waals surface area (Å²) < 4.78 is 15.4. The zero-order chi connectivity index (χ0) is 20.1. The lowest BCUT2D eigenvalue weighted by Gasteiger charge is -2.09. The molecule has 1 N–H and O–H groups in total. The first-order chi connectivity index (χ1) is 13.5. The number of fused-ring (bicyclic) bond motifs is 1. The van der Waals surface area contributed by atoms with Gasteiger partial charge < -0.3 is 19.5 Å². The molecule has 8 heteroatoms. The van der Waals surface area contributed by atoms with Gasteiger partial charge in [-0.15, -0.1) is 11.3 Å². The van der Waals surface area contributed by atoms with Crippen molar-refractivity contribution in [2.45, 2.75) is 25.7 Å². The van der Waals surface area contributed by atoms with Crippen LogP contribution in [-0.2, 0) is 33.6 Å². The number of carbonyl (C=O) groups excluding carboxylic acids is 2. The third kappa shape index (κ3) is 4.26. The van der Waals surface area contributed by atoms with Crippen LogP contribution < -0.4 is 14.8 Å². The maximum Gasteiger partial charge on any atom is 0.310 e. The second-order valence-electron chi connectivity index (χ2n) is 6.25. The molecule has 146 valence electrons. The Morgan fingerprint density at radius 1 is 1.21 bits per heavy atom. The number of aryl methyl sites for hydroxylation is 1. The van der Waals surface area contributed by atoms with Crippen LogP contribution in [0, 0.1) is 11.3 Å². The average molecular weight is 400 g/mol. The normalized spacial score (nSPS) is 12.0. The Kier molecular flexibility index (Phi) is 6.16. The van der Waals surface area contributed by atoms with Crippen LogP contribution in [-0.4, -0.2) is 32.7 Å². The van der Waals surface area contributed by atoms with Crippen molar-refractivity contribution in [2.24, 2.45) is 0 Å². The summed E-state index contributed by atoms with van der Waals surface area (Å²) in [6.45, 7) is -0.403. The van der Waals surface area contributed by atoms with Crippen molar-refractivity contribution in [2.75, 3.05) is 26.1 Å². The van der Waals surface area contributed by atoms with Crippen molar-refractivity contribution >= 4 is 28.2 Å². The Bertz CT molecular complexity index is 945. The van der Waals surface area contributed by atoms with Crippen LogP contribution in [0.2, 0.25) is 0 Å². The SMILES string of the molecule is COc1ccc(CC(=O)OCC(=O)Nc2sc3c(c2C#N)CCC3)cc1OC. The molecule has 3 rings (SSSR count). The van der Waals surface area contributed by atoms with Crippen LogP contribution in [0.3, 0.4) is 0 Å². The largest absolute Gasteiger partial charge is 0.493 e. The number of benzene rings is 1. The van der Waals surface area contributed by atoms with E-state index in [1.54, 1.807) is 18.2 Å². The Hall–Kier alpha value is -3.05. The minimum absolute atomic E-state index is 0.00434. The predicted octanol–water partition coefficient (Wildman–Crippen LogP) is 2.85. The van der Waals surface area contributed by atoms with Gasteiger partial charge in [0, 0.05) is 4.88 Å². The van der Waals surface area contributed by atoms with E-state index >= 15 is 0 Å². The van der Waals surface area contributed by atoms with Crippen molar-refractivity contribution in [1.29, 1.82) is 5.26 Å². The zero-order valence-corrected chi connectivity index (χ0v) is 16.5. The van der Waals surface area contributed by atoms with Crippen molar-refractivity contribution < 1.29 is 23.8 Å². The van der Waals surface area contributed by atoms with Gasteiger partial charge in [-0.1, -0.05) is 6.07 Å². The van der Waals surface area contributed by atoms with Crippen LogP contribution in [0.4, 0.5) is 5.00 Å². The van der Waals surface area contributed by atoms with E-state index in [0.29, 0.717) is 27.6 Å². The molecule has 2 aromatic rings. The molecule has 28 heavy (non-hydrogen) atoms. The second kappa shape index (κ2) is 8.76. The van der Waals surface area contributed by atoms with Gasteiger partial charge in [0.1, 0.15) is 11.1 Å². The summed E-state index contributed by atoms with van der Waals surface area (Å²) in [5.74, 6) is 0.0871. The van der Waals surface area contributed by atoms with Gasteiger partial charge in [-0.3, -0.25) is 9.59 Å². The Balaban J connectivity index is 1.54. The molecule has 0 bridgehead atoms. The molecule has 0 aliphatic heterocycles. The predicted molar refractivity (Wildman–Crippen MR) is 104 cm³/mol. The monoisotopic (exact) mass is 400 g/mol. The third-order valence-electron chi connectivity index (χ3n) is 4.45. The van der Waals surface area contributed by atoms with Crippen LogP contribution in [0.15, 0.2) is 18.2 Å². The number of nitrogens with one attached hydrogen (secondary N) is 1. The summed E-state index contributed by atoms with van der Waals surface area (Å²) in [6.07, 6.45) is 2.85. The summed E-state index contributed by atoms with van der Waals surface area (Å²) >= 11 is 1.43. The molecule has 0 saturated carbocycles. The van der Waals surface area contributed by atoms with Crippen LogP contribution >= 0.6 is 11.3 Å². The van der Waals surface area contributed by atoms with Gasteiger partial charge in [0.2, 0.25) is 0 Å². The van der Waals surface area contributed by atoms with Crippen molar-refractivity contribution in [3.8, 4) is 17.6 Å². The fourth-order valence-electron chi connectivity index (χ4n) is 3.13. The van der Waals surface area contributed by atoms with Crippen LogP contribution in [0.5, 0.6) is 11.5 Å². The summed E-state index contributed by atoms with van der Waals surface area (Å²) in [4.78, 5) is 25.3. The summed E-state index contributed by atoms with van der Waals surface area (Å²) in [7, 11) is 3.05. The van der Waals surface area contributed by atoms with Crippen molar-refractivity contribution in [3.63, 3.8) is 0 Å². The first-order valence-corrected chi connectivity index (χ1v) is 9.58. The minimum atomic E-state index is -0.531. The molecule has 1 aromatic heterocycles. The number of methoxy groups -OCH3 is 2. The number of ether oxygens (including phenoxy) is 3. The minimum Gasteiger partial charge on any atom is -0.493 e. The number of nitrogens with zero attached hydrogens (tertiary/aromatic N) is 1. The number of rotatable bonds is 7. The van der Waals surface area contributed by atoms with Crippen LogP contribution in [0.1, 0.15) is 28.0 Å². The molecule has 1 heterocycles. The molecule has 1 aliphatic carbocycles. The molecule has 0 atom stereocenters. The molecule has 0 unspecified atom stereocenters. The number of nitriles is 1. The number of anilines is 1. The van der Waals surface area contributed by atoms with Gasteiger partial charge in [0.25, 0.3) is 5.91 Å². The highest BCUT2D eigenvalue weighted by atomic mass is 32.1. The van der Waals surface area contributed by atoms with E-state index in [2.05, 4.69) is 11.4 Å². The van der Waals surface area contributed by atoms with E-state index in [1.165, 1.54) is 25.6 Å². The van der Waals surface area contributed by atoms with Crippen LogP contribution in [0.25, 0.3) is 0 Å². The molecule has 0 spiro atoms. The average Bonchev–Trinajstić information content (AvgIpc) is 3.26. The van der Waals surface area contributed by atoms with E-state index in [4.69, 9.17) is 14.2 Å². The van der Waals surface area contributed by atoms with Gasteiger partial charge in [0.15, 0.2) is 18.1 Å². The Morgan fingerprint density at radius 2 is 2.00 bits per heavy atom. The highest BCUT2D eigenvalue weighted by Crippen LogP contribution is 2.38. The molecular formula is C20H20N2O5S. The first-order valence-electron chi connectivity index (χ1n) is 8.76.